The molecule has 0 aliphatic carbocycles. The lowest BCUT2D eigenvalue weighted by molar-refractivity contribution is 0.414. The molecule has 2 aliphatic rings. The first-order chi connectivity index (χ1) is 12.4. The van der Waals surface area contributed by atoms with Gasteiger partial charge in [0.25, 0.3) is 5.16 Å². The Bertz CT molecular complexity index is 946. The lowest BCUT2D eigenvalue weighted by atomic mass is 10.0. The lowest BCUT2D eigenvalue weighted by Crippen LogP contribution is -2.36. The van der Waals surface area contributed by atoms with Gasteiger partial charge >= 0.3 is 0 Å². The maximum Gasteiger partial charge on any atom is 0.250 e. The van der Waals surface area contributed by atoms with Crippen molar-refractivity contribution in [2.45, 2.75) is 24.2 Å². The summed E-state index contributed by atoms with van der Waals surface area (Å²) in [5.74, 6) is 2.14. The van der Waals surface area contributed by atoms with E-state index >= 15 is 0 Å². The van der Waals surface area contributed by atoms with Crippen LogP contribution in [0.25, 0.3) is 0 Å². The number of anilines is 2. The van der Waals surface area contributed by atoms with Gasteiger partial charge in [0.05, 0.1) is 18.7 Å². The Labute approximate surface area is 152 Å². The number of hydrogen-bond acceptors (Lipinski definition) is 8. The molecule has 26 heavy (non-hydrogen) atoms. The SMILES string of the molecule is COc1ccc(CN2CCC3NN(C)c4nc(S(C)(=O)=O)nc2c43)cc1. The molecule has 0 bridgehead atoms. The van der Waals surface area contributed by atoms with E-state index in [0.717, 1.165) is 36.1 Å². The van der Waals surface area contributed by atoms with Gasteiger partial charge in [-0.15, -0.1) is 0 Å². The minimum Gasteiger partial charge on any atom is -0.497 e. The molecule has 1 unspecified atom stereocenters. The van der Waals surface area contributed by atoms with Crippen molar-refractivity contribution in [3.05, 3.63) is 35.4 Å². The Kier molecular flexibility index (Phi) is 4.00. The van der Waals surface area contributed by atoms with Gasteiger partial charge in [0.15, 0.2) is 5.82 Å². The van der Waals surface area contributed by atoms with Gasteiger partial charge in [0.2, 0.25) is 9.84 Å². The summed E-state index contributed by atoms with van der Waals surface area (Å²) < 4.78 is 29.3. The fraction of sp³-hybridized carbons (Fsp3) is 0.412. The number of benzene rings is 1. The van der Waals surface area contributed by atoms with Crippen LogP contribution in [0.1, 0.15) is 23.6 Å². The first kappa shape index (κ1) is 17.0. The third-order valence-corrected chi connectivity index (χ3v) is 5.60. The highest BCUT2D eigenvalue weighted by molar-refractivity contribution is 7.90. The van der Waals surface area contributed by atoms with Crippen molar-refractivity contribution >= 4 is 21.5 Å². The highest BCUT2D eigenvalue weighted by Gasteiger charge is 2.38. The topological polar surface area (TPSA) is 87.7 Å². The minimum absolute atomic E-state index is 0.116. The average molecular weight is 375 g/mol. The first-order valence-electron chi connectivity index (χ1n) is 8.36. The molecule has 9 heteroatoms. The fourth-order valence-electron chi connectivity index (χ4n) is 3.47. The van der Waals surface area contributed by atoms with Crippen LogP contribution in [0.5, 0.6) is 5.75 Å². The van der Waals surface area contributed by atoms with Gasteiger partial charge in [-0.05, 0) is 24.1 Å². The zero-order valence-corrected chi connectivity index (χ0v) is 15.7. The van der Waals surface area contributed by atoms with Gasteiger partial charge in [-0.2, -0.15) is 4.98 Å². The highest BCUT2D eigenvalue weighted by Crippen LogP contribution is 2.42. The van der Waals surface area contributed by atoms with Crippen LogP contribution in [0.2, 0.25) is 0 Å². The molecule has 2 aliphatic heterocycles. The van der Waals surface area contributed by atoms with E-state index in [1.807, 2.05) is 31.3 Å². The first-order valence-corrected chi connectivity index (χ1v) is 10.3. The normalized spacial score (nSPS) is 18.8. The molecule has 1 atom stereocenters. The van der Waals surface area contributed by atoms with E-state index in [9.17, 15) is 8.42 Å². The summed E-state index contributed by atoms with van der Waals surface area (Å²) in [6.45, 7) is 1.43. The maximum absolute atomic E-state index is 12.0. The smallest absolute Gasteiger partial charge is 0.250 e. The quantitative estimate of drug-likeness (QED) is 0.800. The number of sulfone groups is 1. The summed E-state index contributed by atoms with van der Waals surface area (Å²) in [5.41, 5.74) is 5.41. The second-order valence-electron chi connectivity index (χ2n) is 6.64. The van der Waals surface area contributed by atoms with Crippen molar-refractivity contribution in [2.75, 3.05) is 36.9 Å². The predicted molar refractivity (Wildman–Crippen MR) is 98.1 cm³/mol. The van der Waals surface area contributed by atoms with Crippen LogP contribution in [0.3, 0.4) is 0 Å². The predicted octanol–water partition coefficient (Wildman–Crippen LogP) is 1.29. The minimum atomic E-state index is -3.50. The molecule has 138 valence electrons. The fourth-order valence-corrected chi connectivity index (χ4v) is 3.97. The van der Waals surface area contributed by atoms with Crippen molar-refractivity contribution in [3.8, 4) is 5.75 Å². The molecule has 1 aromatic heterocycles. The molecule has 0 spiro atoms. The van der Waals surface area contributed by atoms with E-state index in [-0.39, 0.29) is 11.2 Å². The molecule has 1 N–H and O–H groups in total. The van der Waals surface area contributed by atoms with E-state index in [2.05, 4.69) is 20.3 Å². The molecule has 0 fully saturated rings. The van der Waals surface area contributed by atoms with Crippen LogP contribution in [-0.4, -0.2) is 45.3 Å². The van der Waals surface area contributed by atoms with Crippen LogP contribution in [0, 0.1) is 0 Å². The third kappa shape index (κ3) is 2.86. The number of rotatable bonds is 4. The summed E-state index contributed by atoms with van der Waals surface area (Å²) in [6.07, 6.45) is 2.04. The van der Waals surface area contributed by atoms with Crippen molar-refractivity contribution in [1.29, 1.82) is 0 Å². The number of methoxy groups -OCH3 is 1. The van der Waals surface area contributed by atoms with Gasteiger partial charge in [0, 0.05) is 26.4 Å². The third-order valence-electron chi connectivity index (χ3n) is 4.75. The summed E-state index contributed by atoms with van der Waals surface area (Å²) >= 11 is 0. The number of aromatic nitrogens is 2. The molecule has 3 heterocycles. The van der Waals surface area contributed by atoms with Gasteiger partial charge in [-0.1, -0.05) is 12.1 Å². The zero-order chi connectivity index (χ0) is 18.5. The van der Waals surface area contributed by atoms with Crippen molar-refractivity contribution < 1.29 is 13.2 Å². The van der Waals surface area contributed by atoms with Gasteiger partial charge in [0.1, 0.15) is 11.6 Å². The monoisotopic (exact) mass is 375 g/mol. The standard InChI is InChI=1S/C17H21N5O3S/c1-21-15-14-13(20-21)8-9-22(10-11-4-6-12(25-2)7-5-11)16(14)19-17(18-15)26(3,23)24/h4-7,13,20H,8-10H2,1-3H3. The maximum atomic E-state index is 12.0. The molecule has 0 amide bonds. The van der Waals surface area contributed by atoms with Gasteiger partial charge < -0.3 is 9.64 Å². The van der Waals surface area contributed by atoms with Crippen LogP contribution in [0.4, 0.5) is 11.6 Å². The summed E-state index contributed by atoms with van der Waals surface area (Å²) in [7, 11) is -0.0119. The molecule has 8 nitrogen and oxygen atoms in total. The van der Waals surface area contributed by atoms with Crippen LogP contribution >= 0.6 is 0 Å². The molecule has 0 saturated heterocycles. The number of nitrogens with one attached hydrogen (secondary N) is 1. The van der Waals surface area contributed by atoms with E-state index in [0.29, 0.717) is 18.2 Å². The summed E-state index contributed by atoms with van der Waals surface area (Å²) in [6, 6.07) is 7.97. The number of hydrazine groups is 1. The molecular weight excluding hydrogens is 354 g/mol. The van der Waals surface area contributed by atoms with E-state index in [1.54, 1.807) is 12.1 Å². The van der Waals surface area contributed by atoms with E-state index in [1.165, 1.54) is 0 Å². The van der Waals surface area contributed by atoms with Gasteiger partial charge in [-0.3, -0.25) is 5.01 Å². The molecule has 0 saturated carbocycles. The molecule has 4 rings (SSSR count). The van der Waals surface area contributed by atoms with Crippen LogP contribution in [-0.2, 0) is 16.4 Å². The van der Waals surface area contributed by atoms with Crippen molar-refractivity contribution in [3.63, 3.8) is 0 Å². The van der Waals surface area contributed by atoms with Crippen molar-refractivity contribution in [1.82, 2.24) is 15.4 Å². The Morgan fingerprint density at radius 3 is 2.58 bits per heavy atom. The van der Waals surface area contributed by atoms with E-state index < -0.39 is 9.84 Å². The van der Waals surface area contributed by atoms with Crippen LogP contribution in [0.15, 0.2) is 29.4 Å². The summed E-state index contributed by atoms with van der Waals surface area (Å²) in [5, 5.41) is 1.65. The van der Waals surface area contributed by atoms with E-state index in [4.69, 9.17) is 4.74 Å². The number of nitrogens with zero attached hydrogens (tertiary/aromatic N) is 4. The Balaban J connectivity index is 1.75. The molecule has 0 radical (unpaired) electrons. The zero-order valence-electron chi connectivity index (χ0n) is 14.9. The van der Waals surface area contributed by atoms with Gasteiger partial charge in [-0.25, -0.2) is 18.8 Å². The number of hydrogen-bond donors (Lipinski definition) is 1. The Hall–Kier alpha value is -2.39. The summed E-state index contributed by atoms with van der Waals surface area (Å²) in [4.78, 5) is 10.8. The highest BCUT2D eigenvalue weighted by atomic mass is 32.2. The lowest BCUT2D eigenvalue weighted by Gasteiger charge is -2.32. The largest absolute Gasteiger partial charge is 0.497 e. The van der Waals surface area contributed by atoms with Crippen LogP contribution < -0.4 is 20.1 Å². The molecule has 2 aromatic rings. The Morgan fingerprint density at radius 2 is 1.92 bits per heavy atom. The molecular formula is C17H21N5O3S. The molecule has 1 aromatic carbocycles. The van der Waals surface area contributed by atoms with Crippen molar-refractivity contribution in [2.24, 2.45) is 0 Å². The second kappa shape index (κ2) is 6.10. The number of ether oxygens (including phenoxy) is 1. The Morgan fingerprint density at radius 1 is 1.23 bits per heavy atom. The second-order valence-corrected chi connectivity index (χ2v) is 8.55. The average Bonchev–Trinajstić information content (AvgIpc) is 2.94.